The van der Waals surface area contributed by atoms with Crippen molar-refractivity contribution in [3.63, 3.8) is 0 Å². The van der Waals surface area contributed by atoms with E-state index in [1.165, 1.54) is 0 Å². The summed E-state index contributed by atoms with van der Waals surface area (Å²) in [5.41, 5.74) is 7.09. The molecule has 2 aliphatic heterocycles. The molecule has 4 N–H and O–H groups in total. The van der Waals surface area contributed by atoms with Crippen molar-refractivity contribution in [3.8, 4) is 0 Å². The Balaban J connectivity index is 1.34. The molecule has 31 heavy (non-hydrogen) atoms. The summed E-state index contributed by atoms with van der Waals surface area (Å²) in [4.78, 5) is 23.5. The summed E-state index contributed by atoms with van der Waals surface area (Å²) in [6.45, 7) is 4.23. The number of aliphatic imine (C=N–C) groups is 1. The first-order chi connectivity index (χ1) is 15.1. The van der Waals surface area contributed by atoms with E-state index in [1.54, 1.807) is 6.92 Å². The van der Waals surface area contributed by atoms with E-state index in [2.05, 4.69) is 28.8 Å². The van der Waals surface area contributed by atoms with Crippen LogP contribution < -0.4 is 16.4 Å². The molecule has 3 heterocycles. The molecule has 7 nitrogen and oxygen atoms in total. The van der Waals surface area contributed by atoms with Crippen LogP contribution in [0.5, 0.6) is 0 Å². The molecular weight excluding hydrogens is 388 g/mol. The molecule has 7 heteroatoms. The number of aromatic nitrogens is 1. The molecule has 1 saturated carbocycles. The highest BCUT2D eigenvalue weighted by molar-refractivity contribution is 5.85. The second kappa shape index (κ2) is 10.3. The zero-order valence-corrected chi connectivity index (χ0v) is 18.6. The predicted molar refractivity (Wildman–Crippen MR) is 125 cm³/mol. The third-order valence-electron chi connectivity index (χ3n) is 6.76. The predicted octanol–water partition coefficient (Wildman–Crippen LogP) is 3.01. The lowest BCUT2D eigenvalue weighted by molar-refractivity contribution is -0.130. The van der Waals surface area contributed by atoms with Gasteiger partial charge >= 0.3 is 0 Å². The van der Waals surface area contributed by atoms with Gasteiger partial charge in [0.05, 0.1) is 11.7 Å². The lowest BCUT2D eigenvalue weighted by atomic mass is 9.92. The van der Waals surface area contributed by atoms with E-state index in [0.717, 1.165) is 81.9 Å². The van der Waals surface area contributed by atoms with E-state index in [-0.39, 0.29) is 11.8 Å². The molecule has 0 bridgehead atoms. The van der Waals surface area contributed by atoms with E-state index in [0.29, 0.717) is 18.0 Å². The van der Waals surface area contributed by atoms with Crippen LogP contribution >= 0.6 is 0 Å². The minimum absolute atomic E-state index is 0.177. The molecule has 1 saturated heterocycles. The second-order valence-electron chi connectivity index (χ2n) is 9.26. The number of amidine groups is 1. The number of hydrogen-bond donors (Lipinski definition) is 3. The monoisotopic (exact) mass is 424 g/mol. The van der Waals surface area contributed by atoms with Gasteiger partial charge in [-0.1, -0.05) is 12.1 Å². The molecule has 3 aliphatic rings. The van der Waals surface area contributed by atoms with Crippen molar-refractivity contribution in [3.05, 3.63) is 36.2 Å². The average Bonchev–Trinajstić information content (AvgIpc) is 2.80. The van der Waals surface area contributed by atoms with Crippen LogP contribution in [0.1, 0.15) is 63.5 Å². The molecule has 2 atom stereocenters. The number of allylic oxidation sites excluding steroid dienone is 1. The second-order valence-corrected chi connectivity index (χ2v) is 9.26. The highest BCUT2D eigenvalue weighted by Crippen LogP contribution is 2.26. The Morgan fingerprint density at radius 1 is 1.29 bits per heavy atom. The van der Waals surface area contributed by atoms with Crippen LogP contribution in [0.2, 0.25) is 0 Å². The summed E-state index contributed by atoms with van der Waals surface area (Å²) < 4.78 is 0. The van der Waals surface area contributed by atoms with Crippen molar-refractivity contribution < 1.29 is 4.79 Å². The standard InChI is InChI=1S/C24H36N6O/c1-17(31)30-13-3-4-18(16-30)15-27-23-6-2-5-22(29-23)19-11-12-26-24(14-19)28-21-9-7-20(25)8-10-21/h2,5-6,11-12,18-21H,3-4,7-10,13-16,25H2,1H3,(H,26,28)(H,27,29). The molecule has 0 aromatic carbocycles. The highest BCUT2D eigenvalue weighted by Gasteiger charge is 2.23. The van der Waals surface area contributed by atoms with Crippen molar-refractivity contribution in [2.75, 3.05) is 25.0 Å². The number of piperidine rings is 1. The van der Waals surface area contributed by atoms with Gasteiger partial charge in [-0.15, -0.1) is 0 Å². The number of nitrogens with two attached hydrogens (primary N) is 1. The van der Waals surface area contributed by atoms with Crippen LogP contribution in [0, 0.1) is 5.92 Å². The smallest absolute Gasteiger partial charge is 0.219 e. The molecule has 1 aromatic heterocycles. The zero-order chi connectivity index (χ0) is 21.6. The lowest BCUT2D eigenvalue weighted by Gasteiger charge is -2.32. The molecule has 1 aliphatic carbocycles. The number of carbonyl (C=O) groups is 1. The third kappa shape index (κ3) is 6.06. The van der Waals surface area contributed by atoms with Gasteiger partial charge in [0, 0.05) is 44.9 Å². The quantitative estimate of drug-likeness (QED) is 0.675. The van der Waals surface area contributed by atoms with Gasteiger partial charge in [-0.05, 0) is 62.8 Å². The van der Waals surface area contributed by atoms with Crippen molar-refractivity contribution >= 4 is 17.6 Å². The van der Waals surface area contributed by atoms with Crippen LogP contribution in [-0.4, -0.2) is 53.3 Å². The molecule has 0 spiro atoms. The Kier molecular flexibility index (Phi) is 7.22. The SMILES string of the molecule is CC(=O)N1CCCC(CNc2cccc(C3C=CNC(=NC4CCC(N)CC4)C3)n2)C1. The topological polar surface area (TPSA) is 95.6 Å². The fraction of sp³-hybridized carbons (Fsp3) is 0.625. The number of hydrogen-bond acceptors (Lipinski definition) is 5. The first kappa shape index (κ1) is 21.8. The molecule has 2 unspecified atom stereocenters. The number of nitrogens with one attached hydrogen (secondary N) is 2. The van der Waals surface area contributed by atoms with Crippen LogP contribution in [0.15, 0.2) is 35.5 Å². The molecule has 2 fully saturated rings. The Morgan fingerprint density at radius 3 is 2.94 bits per heavy atom. The highest BCUT2D eigenvalue weighted by atomic mass is 16.2. The van der Waals surface area contributed by atoms with Gasteiger partial charge in [0.15, 0.2) is 0 Å². The number of pyridine rings is 1. The normalized spacial score (nSPS) is 30.1. The van der Waals surface area contributed by atoms with E-state index in [1.807, 2.05) is 17.2 Å². The van der Waals surface area contributed by atoms with E-state index >= 15 is 0 Å². The summed E-state index contributed by atoms with van der Waals surface area (Å²) in [5.74, 6) is 2.85. The number of likely N-dealkylation sites (tertiary alicyclic amines) is 1. The maximum atomic E-state index is 11.7. The number of anilines is 1. The Hall–Kier alpha value is -2.41. The minimum Gasteiger partial charge on any atom is -0.370 e. The number of rotatable bonds is 5. The molecule has 1 aromatic rings. The van der Waals surface area contributed by atoms with Crippen molar-refractivity contribution in [1.29, 1.82) is 0 Å². The van der Waals surface area contributed by atoms with E-state index in [4.69, 9.17) is 15.7 Å². The molecule has 168 valence electrons. The first-order valence-corrected chi connectivity index (χ1v) is 11.8. The van der Waals surface area contributed by atoms with Gasteiger partial charge in [-0.3, -0.25) is 9.79 Å². The number of amides is 1. The summed E-state index contributed by atoms with van der Waals surface area (Å²) in [6, 6.07) is 6.94. The van der Waals surface area contributed by atoms with Crippen molar-refractivity contribution in [2.45, 2.75) is 69.9 Å². The van der Waals surface area contributed by atoms with Gasteiger partial charge in [0.25, 0.3) is 0 Å². The Bertz CT molecular complexity index is 814. The van der Waals surface area contributed by atoms with Crippen molar-refractivity contribution in [1.82, 2.24) is 15.2 Å². The summed E-state index contributed by atoms with van der Waals surface area (Å²) in [5, 5.41) is 6.84. The van der Waals surface area contributed by atoms with Gasteiger partial charge in [0.2, 0.25) is 5.91 Å². The number of nitrogens with zero attached hydrogens (tertiary/aromatic N) is 3. The lowest BCUT2D eigenvalue weighted by Crippen LogP contribution is -2.40. The van der Waals surface area contributed by atoms with Crippen LogP contribution in [0.3, 0.4) is 0 Å². The summed E-state index contributed by atoms with van der Waals surface area (Å²) in [7, 11) is 0. The van der Waals surface area contributed by atoms with Gasteiger partial charge in [-0.2, -0.15) is 0 Å². The van der Waals surface area contributed by atoms with E-state index in [9.17, 15) is 4.79 Å². The average molecular weight is 425 g/mol. The summed E-state index contributed by atoms with van der Waals surface area (Å²) in [6.07, 6.45) is 11.6. The van der Waals surface area contributed by atoms with Crippen molar-refractivity contribution in [2.24, 2.45) is 16.6 Å². The van der Waals surface area contributed by atoms with Gasteiger partial charge < -0.3 is 21.3 Å². The fourth-order valence-corrected chi connectivity index (χ4v) is 4.86. The maximum Gasteiger partial charge on any atom is 0.219 e. The minimum atomic E-state index is 0.177. The van der Waals surface area contributed by atoms with Crippen LogP contribution in [-0.2, 0) is 4.79 Å². The third-order valence-corrected chi connectivity index (χ3v) is 6.76. The summed E-state index contributed by atoms with van der Waals surface area (Å²) >= 11 is 0. The zero-order valence-electron chi connectivity index (χ0n) is 18.6. The van der Waals surface area contributed by atoms with E-state index < -0.39 is 0 Å². The van der Waals surface area contributed by atoms with Gasteiger partial charge in [-0.25, -0.2) is 4.98 Å². The maximum absolute atomic E-state index is 11.7. The first-order valence-electron chi connectivity index (χ1n) is 11.8. The van der Waals surface area contributed by atoms with Gasteiger partial charge in [0.1, 0.15) is 11.7 Å². The fourth-order valence-electron chi connectivity index (χ4n) is 4.86. The van der Waals surface area contributed by atoms with Crippen LogP contribution in [0.4, 0.5) is 5.82 Å². The molecular formula is C24H36N6O. The Morgan fingerprint density at radius 2 is 2.13 bits per heavy atom. The Labute approximate surface area is 185 Å². The molecule has 1 amide bonds. The molecule has 4 rings (SSSR count). The number of carbonyl (C=O) groups excluding carboxylic acids is 1. The van der Waals surface area contributed by atoms with Crippen LogP contribution in [0.25, 0.3) is 0 Å². The largest absolute Gasteiger partial charge is 0.370 e. The molecule has 0 radical (unpaired) electrons.